The Hall–Kier alpha value is -2.81. The lowest BCUT2D eigenvalue weighted by atomic mass is 10.2. The van der Waals surface area contributed by atoms with Gasteiger partial charge in [0.15, 0.2) is 6.61 Å². The molecule has 0 radical (unpaired) electrons. The highest BCUT2D eigenvalue weighted by molar-refractivity contribution is 8.18. The molecule has 2 N–H and O–H groups in total. The van der Waals surface area contributed by atoms with Crippen molar-refractivity contribution in [2.24, 2.45) is 11.7 Å². The van der Waals surface area contributed by atoms with Crippen LogP contribution in [0, 0.1) is 5.92 Å². The quantitative estimate of drug-likeness (QED) is 0.529. The van der Waals surface area contributed by atoms with E-state index in [4.69, 9.17) is 15.2 Å². The van der Waals surface area contributed by atoms with Crippen molar-refractivity contribution in [2.75, 3.05) is 19.8 Å². The second-order valence-electron chi connectivity index (χ2n) is 6.14. The van der Waals surface area contributed by atoms with Crippen LogP contribution in [0.25, 0.3) is 6.08 Å². The van der Waals surface area contributed by atoms with Crippen LogP contribution in [0.2, 0.25) is 0 Å². The molecule has 1 fully saturated rings. The maximum atomic E-state index is 12.5. The number of nitrogens with two attached hydrogens (primary N) is 1. The molecule has 0 aliphatic carbocycles. The molecular formula is C18H20N2O6S. The monoisotopic (exact) mass is 392 g/mol. The van der Waals surface area contributed by atoms with E-state index in [0.717, 1.165) is 16.7 Å². The van der Waals surface area contributed by atoms with E-state index in [-0.39, 0.29) is 24.0 Å². The molecule has 0 aromatic heterocycles. The number of amides is 3. The summed E-state index contributed by atoms with van der Waals surface area (Å²) in [5.74, 6) is -1.36. The van der Waals surface area contributed by atoms with Crippen LogP contribution in [0.4, 0.5) is 4.79 Å². The summed E-state index contributed by atoms with van der Waals surface area (Å²) >= 11 is 0.720. The van der Waals surface area contributed by atoms with Crippen molar-refractivity contribution < 1.29 is 28.7 Å². The van der Waals surface area contributed by atoms with Gasteiger partial charge in [-0.1, -0.05) is 32.0 Å². The molecule has 0 bridgehead atoms. The fraction of sp³-hybridized carbons (Fsp3) is 0.333. The van der Waals surface area contributed by atoms with E-state index >= 15 is 0 Å². The number of ether oxygens (including phenoxy) is 2. The van der Waals surface area contributed by atoms with Gasteiger partial charge >= 0.3 is 5.97 Å². The number of para-hydroxylation sites is 1. The zero-order chi connectivity index (χ0) is 20.0. The molecule has 1 saturated heterocycles. The van der Waals surface area contributed by atoms with Crippen LogP contribution < -0.4 is 10.5 Å². The van der Waals surface area contributed by atoms with Gasteiger partial charge in [-0.15, -0.1) is 0 Å². The third kappa shape index (κ3) is 5.85. The number of thioether (sulfide) groups is 1. The number of carbonyl (C=O) groups is 4. The molecule has 1 aromatic rings. The largest absolute Gasteiger partial charge is 0.483 e. The molecular weight excluding hydrogens is 372 g/mol. The van der Waals surface area contributed by atoms with Crippen molar-refractivity contribution in [1.82, 2.24) is 4.90 Å². The molecule has 2 rings (SSSR count). The number of carbonyl (C=O) groups excluding carboxylic acids is 4. The number of primary amides is 1. The van der Waals surface area contributed by atoms with Crippen molar-refractivity contribution in [3.05, 3.63) is 34.7 Å². The molecule has 1 aliphatic heterocycles. The second kappa shape index (κ2) is 9.22. The number of benzene rings is 1. The van der Waals surface area contributed by atoms with Crippen LogP contribution in [-0.2, 0) is 19.1 Å². The topological polar surface area (TPSA) is 116 Å². The Morgan fingerprint density at radius 1 is 1.26 bits per heavy atom. The number of nitrogens with zero attached hydrogens (tertiary/aromatic N) is 1. The fourth-order valence-electron chi connectivity index (χ4n) is 2.09. The highest BCUT2D eigenvalue weighted by atomic mass is 32.2. The molecule has 0 atom stereocenters. The summed E-state index contributed by atoms with van der Waals surface area (Å²) in [6, 6.07) is 6.70. The molecule has 8 nitrogen and oxygen atoms in total. The fourth-order valence-corrected chi connectivity index (χ4v) is 2.92. The summed E-state index contributed by atoms with van der Waals surface area (Å²) in [6.07, 6.45) is 1.47. The molecule has 0 spiro atoms. The van der Waals surface area contributed by atoms with Gasteiger partial charge in [0.25, 0.3) is 17.1 Å². The van der Waals surface area contributed by atoms with Gasteiger partial charge in [-0.25, -0.2) is 0 Å². The molecule has 1 aliphatic rings. The van der Waals surface area contributed by atoms with Crippen molar-refractivity contribution in [3.8, 4) is 5.75 Å². The van der Waals surface area contributed by atoms with E-state index in [1.807, 2.05) is 13.8 Å². The highest BCUT2D eigenvalue weighted by Crippen LogP contribution is 2.33. The highest BCUT2D eigenvalue weighted by Gasteiger charge is 2.36. The van der Waals surface area contributed by atoms with Crippen molar-refractivity contribution in [3.63, 3.8) is 0 Å². The Balaban J connectivity index is 2.12. The Labute approximate surface area is 160 Å². The van der Waals surface area contributed by atoms with Crippen LogP contribution in [0.5, 0.6) is 5.75 Å². The van der Waals surface area contributed by atoms with E-state index in [0.29, 0.717) is 11.3 Å². The lowest BCUT2D eigenvalue weighted by Crippen LogP contribution is -2.34. The third-order valence-electron chi connectivity index (χ3n) is 3.31. The minimum atomic E-state index is -0.641. The van der Waals surface area contributed by atoms with Gasteiger partial charge in [0.05, 0.1) is 11.5 Å². The Morgan fingerprint density at radius 3 is 2.63 bits per heavy atom. The SMILES string of the molecule is CC(C)COC(=O)CN1C(=O)S/C(=C/c2ccccc2OCC(N)=O)C1=O. The lowest BCUT2D eigenvalue weighted by molar-refractivity contribution is -0.147. The first-order chi connectivity index (χ1) is 12.8. The summed E-state index contributed by atoms with van der Waals surface area (Å²) < 4.78 is 10.3. The summed E-state index contributed by atoms with van der Waals surface area (Å²) in [5, 5.41) is -0.553. The second-order valence-corrected chi connectivity index (χ2v) is 7.13. The third-order valence-corrected chi connectivity index (χ3v) is 4.22. The average molecular weight is 392 g/mol. The number of esters is 1. The molecule has 0 saturated carbocycles. The predicted octanol–water partition coefficient (Wildman–Crippen LogP) is 1.79. The van der Waals surface area contributed by atoms with Crippen LogP contribution >= 0.6 is 11.8 Å². The van der Waals surface area contributed by atoms with Gasteiger partial charge < -0.3 is 15.2 Å². The van der Waals surface area contributed by atoms with Gasteiger partial charge in [-0.3, -0.25) is 24.1 Å². The van der Waals surface area contributed by atoms with Crippen LogP contribution in [0.1, 0.15) is 19.4 Å². The average Bonchev–Trinajstić information content (AvgIpc) is 2.86. The van der Waals surface area contributed by atoms with E-state index in [9.17, 15) is 19.2 Å². The number of hydrogen-bond acceptors (Lipinski definition) is 7. The Morgan fingerprint density at radius 2 is 1.96 bits per heavy atom. The smallest absolute Gasteiger partial charge is 0.326 e. The first-order valence-electron chi connectivity index (χ1n) is 8.19. The van der Waals surface area contributed by atoms with Gasteiger partial charge in [0.2, 0.25) is 0 Å². The van der Waals surface area contributed by atoms with E-state index < -0.39 is 29.6 Å². The molecule has 144 valence electrons. The summed E-state index contributed by atoms with van der Waals surface area (Å²) in [6.45, 7) is 3.24. The Bertz CT molecular complexity index is 790. The van der Waals surface area contributed by atoms with Crippen LogP contribution in [-0.4, -0.2) is 47.7 Å². The van der Waals surface area contributed by atoms with Gasteiger partial charge in [0.1, 0.15) is 12.3 Å². The zero-order valence-electron chi connectivity index (χ0n) is 15.0. The maximum Gasteiger partial charge on any atom is 0.326 e. The van der Waals surface area contributed by atoms with Crippen LogP contribution in [0.3, 0.4) is 0 Å². The van der Waals surface area contributed by atoms with E-state index in [1.54, 1.807) is 24.3 Å². The first-order valence-corrected chi connectivity index (χ1v) is 9.00. The number of hydrogen-bond donors (Lipinski definition) is 1. The zero-order valence-corrected chi connectivity index (χ0v) is 15.8. The van der Waals surface area contributed by atoms with Crippen molar-refractivity contribution >= 4 is 40.9 Å². The van der Waals surface area contributed by atoms with Gasteiger partial charge in [-0.2, -0.15) is 0 Å². The molecule has 3 amide bonds. The minimum Gasteiger partial charge on any atom is -0.483 e. The van der Waals surface area contributed by atoms with Crippen molar-refractivity contribution in [1.29, 1.82) is 0 Å². The molecule has 0 unspecified atom stereocenters. The maximum absolute atomic E-state index is 12.5. The first kappa shape index (κ1) is 20.5. The number of imide groups is 1. The molecule has 9 heteroatoms. The van der Waals surface area contributed by atoms with Crippen LogP contribution in [0.15, 0.2) is 29.2 Å². The standard InChI is InChI=1S/C18H20N2O6S/c1-11(2)9-26-16(22)8-20-17(23)14(27-18(20)24)7-12-5-3-4-6-13(12)25-10-15(19)21/h3-7,11H,8-10H2,1-2H3,(H2,19,21)/b14-7+. The molecule has 1 heterocycles. The summed E-state index contributed by atoms with van der Waals surface area (Å²) in [4.78, 5) is 48.2. The molecule has 1 aromatic carbocycles. The predicted molar refractivity (Wildman–Crippen MR) is 99.6 cm³/mol. The van der Waals surface area contributed by atoms with Gasteiger partial charge in [0, 0.05) is 5.56 Å². The lowest BCUT2D eigenvalue weighted by Gasteiger charge is -2.12. The molecule has 27 heavy (non-hydrogen) atoms. The van der Waals surface area contributed by atoms with E-state index in [2.05, 4.69) is 0 Å². The Kier molecular flexibility index (Phi) is 7.00. The van der Waals surface area contributed by atoms with Crippen molar-refractivity contribution in [2.45, 2.75) is 13.8 Å². The van der Waals surface area contributed by atoms with E-state index in [1.165, 1.54) is 6.08 Å². The normalized spacial score (nSPS) is 15.5. The summed E-state index contributed by atoms with van der Waals surface area (Å²) in [5.41, 5.74) is 5.58. The summed E-state index contributed by atoms with van der Waals surface area (Å²) in [7, 11) is 0. The van der Waals surface area contributed by atoms with Gasteiger partial charge in [-0.05, 0) is 29.8 Å². The minimum absolute atomic E-state index is 0.145. The number of rotatable bonds is 8.